The SMILES string of the molecule is COC(=O)c1ccc(CN(C)Cc2cccs2)c(Br)c1. The van der Waals surface area contributed by atoms with Gasteiger partial charge in [0, 0.05) is 22.4 Å². The molecule has 106 valence electrons. The van der Waals surface area contributed by atoms with E-state index in [1.165, 1.54) is 12.0 Å². The van der Waals surface area contributed by atoms with E-state index in [4.69, 9.17) is 4.74 Å². The van der Waals surface area contributed by atoms with Crippen LogP contribution in [0, 0.1) is 0 Å². The minimum absolute atomic E-state index is 0.316. The van der Waals surface area contributed by atoms with E-state index in [0.717, 1.165) is 23.1 Å². The largest absolute Gasteiger partial charge is 0.465 e. The van der Waals surface area contributed by atoms with Crippen LogP contribution in [0.5, 0.6) is 0 Å². The summed E-state index contributed by atoms with van der Waals surface area (Å²) in [6.07, 6.45) is 0. The van der Waals surface area contributed by atoms with Gasteiger partial charge in [-0.05, 0) is 36.2 Å². The molecule has 1 aromatic carbocycles. The molecule has 0 saturated heterocycles. The highest BCUT2D eigenvalue weighted by atomic mass is 79.9. The van der Waals surface area contributed by atoms with E-state index in [0.29, 0.717) is 5.56 Å². The second-order valence-electron chi connectivity index (χ2n) is 4.55. The van der Waals surface area contributed by atoms with Crippen LogP contribution in [0.15, 0.2) is 40.2 Å². The molecule has 0 saturated carbocycles. The Morgan fingerprint density at radius 1 is 1.35 bits per heavy atom. The molecule has 0 spiro atoms. The number of rotatable bonds is 5. The monoisotopic (exact) mass is 353 g/mol. The molecule has 0 atom stereocenters. The number of hydrogen-bond acceptors (Lipinski definition) is 4. The van der Waals surface area contributed by atoms with Crippen molar-refractivity contribution < 1.29 is 9.53 Å². The van der Waals surface area contributed by atoms with Crippen molar-refractivity contribution in [3.63, 3.8) is 0 Å². The summed E-state index contributed by atoms with van der Waals surface area (Å²) in [6, 6.07) is 9.76. The van der Waals surface area contributed by atoms with Crippen LogP contribution < -0.4 is 0 Å². The maximum atomic E-state index is 11.5. The van der Waals surface area contributed by atoms with Crippen LogP contribution >= 0.6 is 27.3 Å². The Labute approximate surface area is 131 Å². The summed E-state index contributed by atoms with van der Waals surface area (Å²) >= 11 is 5.28. The molecule has 2 rings (SSSR count). The van der Waals surface area contributed by atoms with Gasteiger partial charge in [-0.15, -0.1) is 11.3 Å². The standard InChI is InChI=1S/C15H16BrNO2S/c1-17(10-13-4-3-7-20-13)9-12-6-5-11(8-14(12)16)15(18)19-2/h3-8H,9-10H2,1-2H3. The average Bonchev–Trinajstić information content (AvgIpc) is 2.93. The molecule has 0 unspecified atom stereocenters. The van der Waals surface area contributed by atoms with Crippen molar-refractivity contribution in [1.29, 1.82) is 0 Å². The van der Waals surface area contributed by atoms with E-state index in [1.54, 1.807) is 23.5 Å². The summed E-state index contributed by atoms with van der Waals surface area (Å²) in [5, 5.41) is 2.09. The third-order valence-corrected chi connectivity index (χ3v) is 4.52. The van der Waals surface area contributed by atoms with Gasteiger partial charge in [0.1, 0.15) is 0 Å². The van der Waals surface area contributed by atoms with Gasteiger partial charge >= 0.3 is 5.97 Å². The summed E-state index contributed by atoms with van der Waals surface area (Å²) in [5.41, 5.74) is 1.71. The number of nitrogens with zero attached hydrogens (tertiary/aromatic N) is 1. The van der Waals surface area contributed by atoms with Gasteiger partial charge in [0.05, 0.1) is 12.7 Å². The number of benzene rings is 1. The topological polar surface area (TPSA) is 29.5 Å². The van der Waals surface area contributed by atoms with Gasteiger partial charge in [0.25, 0.3) is 0 Å². The molecule has 0 amide bonds. The lowest BCUT2D eigenvalue weighted by molar-refractivity contribution is 0.0600. The average molecular weight is 354 g/mol. The Bertz CT molecular complexity index is 584. The Kier molecular flexibility index (Phi) is 5.34. The van der Waals surface area contributed by atoms with Gasteiger partial charge in [-0.3, -0.25) is 4.90 Å². The summed E-state index contributed by atoms with van der Waals surface area (Å²) in [6.45, 7) is 1.74. The van der Waals surface area contributed by atoms with Crippen molar-refractivity contribution in [3.8, 4) is 0 Å². The smallest absolute Gasteiger partial charge is 0.337 e. The highest BCUT2D eigenvalue weighted by Crippen LogP contribution is 2.21. The minimum atomic E-state index is -0.316. The lowest BCUT2D eigenvalue weighted by Gasteiger charge is -2.17. The third-order valence-electron chi connectivity index (χ3n) is 2.92. The first kappa shape index (κ1) is 15.2. The molecule has 1 heterocycles. The summed E-state index contributed by atoms with van der Waals surface area (Å²) in [4.78, 5) is 15.0. The highest BCUT2D eigenvalue weighted by Gasteiger charge is 2.10. The van der Waals surface area contributed by atoms with Gasteiger partial charge in [-0.25, -0.2) is 4.79 Å². The van der Waals surface area contributed by atoms with Crippen LogP contribution in [-0.4, -0.2) is 25.0 Å². The maximum absolute atomic E-state index is 11.5. The van der Waals surface area contributed by atoms with E-state index in [2.05, 4.69) is 45.4 Å². The van der Waals surface area contributed by atoms with Crippen molar-refractivity contribution in [2.45, 2.75) is 13.1 Å². The summed E-state index contributed by atoms with van der Waals surface area (Å²) < 4.78 is 5.64. The predicted molar refractivity (Wildman–Crippen MR) is 85.0 cm³/mol. The molecule has 0 radical (unpaired) electrons. The Balaban J connectivity index is 2.04. The molecule has 20 heavy (non-hydrogen) atoms. The minimum Gasteiger partial charge on any atom is -0.465 e. The van der Waals surface area contributed by atoms with Crippen LogP contribution in [0.4, 0.5) is 0 Å². The van der Waals surface area contributed by atoms with Gasteiger partial charge in [-0.1, -0.05) is 28.1 Å². The van der Waals surface area contributed by atoms with Crippen LogP contribution in [0.2, 0.25) is 0 Å². The maximum Gasteiger partial charge on any atom is 0.337 e. The van der Waals surface area contributed by atoms with Gasteiger partial charge in [-0.2, -0.15) is 0 Å². The zero-order valence-electron chi connectivity index (χ0n) is 11.4. The second-order valence-corrected chi connectivity index (χ2v) is 6.44. The molecule has 1 aromatic heterocycles. The van der Waals surface area contributed by atoms with E-state index in [-0.39, 0.29) is 5.97 Å². The van der Waals surface area contributed by atoms with E-state index in [9.17, 15) is 4.79 Å². The molecule has 0 aliphatic heterocycles. The van der Waals surface area contributed by atoms with Crippen LogP contribution in [0.1, 0.15) is 20.8 Å². The molecular formula is C15H16BrNO2S. The van der Waals surface area contributed by atoms with E-state index in [1.807, 2.05) is 6.07 Å². The molecular weight excluding hydrogens is 338 g/mol. The van der Waals surface area contributed by atoms with Gasteiger partial charge < -0.3 is 4.74 Å². The van der Waals surface area contributed by atoms with Gasteiger partial charge in [0.2, 0.25) is 0 Å². The number of carbonyl (C=O) groups is 1. The Morgan fingerprint density at radius 2 is 2.15 bits per heavy atom. The third kappa shape index (κ3) is 3.91. The second kappa shape index (κ2) is 7.02. The molecule has 5 heteroatoms. The quantitative estimate of drug-likeness (QED) is 0.762. The number of ether oxygens (including phenoxy) is 1. The lowest BCUT2D eigenvalue weighted by Crippen LogP contribution is -2.17. The molecule has 0 aliphatic carbocycles. The fourth-order valence-corrected chi connectivity index (χ4v) is 3.22. The molecule has 0 fully saturated rings. The summed E-state index contributed by atoms with van der Waals surface area (Å²) in [5.74, 6) is -0.316. The van der Waals surface area contributed by atoms with Crippen molar-refractivity contribution >= 4 is 33.2 Å². The zero-order valence-corrected chi connectivity index (χ0v) is 13.8. The number of thiophene rings is 1. The first-order valence-electron chi connectivity index (χ1n) is 6.18. The lowest BCUT2D eigenvalue weighted by atomic mass is 10.1. The highest BCUT2D eigenvalue weighted by molar-refractivity contribution is 9.10. The number of methoxy groups -OCH3 is 1. The number of hydrogen-bond donors (Lipinski definition) is 0. The molecule has 3 nitrogen and oxygen atoms in total. The zero-order chi connectivity index (χ0) is 14.5. The van der Waals surface area contributed by atoms with Crippen molar-refractivity contribution in [3.05, 3.63) is 56.2 Å². The van der Waals surface area contributed by atoms with Crippen LogP contribution in [-0.2, 0) is 17.8 Å². The first-order chi connectivity index (χ1) is 9.60. The van der Waals surface area contributed by atoms with Crippen LogP contribution in [0.3, 0.4) is 0 Å². The van der Waals surface area contributed by atoms with Crippen molar-refractivity contribution in [1.82, 2.24) is 4.90 Å². The van der Waals surface area contributed by atoms with Crippen molar-refractivity contribution in [2.24, 2.45) is 0 Å². The predicted octanol–water partition coefficient (Wildman–Crippen LogP) is 3.93. The number of esters is 1. The molecule has 0 bridgehead atoms. The normalized spacial score (nSPS) is 10.8. The molecule has 0 aliphatic rings. The fraction of sp³-hybridized carbons (Fsp3) is 0.267. The fourth-order valence-electron chi connectivity index (χ4n) is 1.94. The van der Waals surface area contributed by atoms with E-state index < -0.39 is 0 Å². The summed E-state index contributed by atoms with van der Waals surface area (Å²) in [7, 11) is 3.47. The molecule has 0 N–H and O–H groups in total. The Hall–Kier alpha value is -1.17. The van der Waals surface area contributed by atoms with Crippen LogP contribution in [0.25, 0.3) is 0 Å². The number of halogens is 1. The Morgan fingerprint density at radius 3 is 2.75 bits per heavy atom. The van der Waals surface area contributed by atoms with E-state index >= 15 is 0 Å². The first-order valence-corrected chi connectivity index (χ1v) is 7.85. The molecule has 2 aromatic rings. The van der Waals surface area contributed by atoms with Crippen molar-refractivity contribution in [2.75, 3.05) is 14.2 Å². The number of carbonyl (C=O) groups excluding carboxylic acids is 1. The van der Waals surface area contributed by atoms with Gasteiger partial charge in [0.15, 0.2) is 0 Å².